The van der Waals surface area contributed by atoms with Crippen molar-refractivity contribution in [3.8, 4) is 0 Å². The molecule has 1 aromatic carbocycles. The Morgan fingerprint density at radius 1 is 1.03 bits per heavy atom. The SMILES string of the molecule is C/C(=C\[C@H](C(C)C)N(C)C(=O)[C@@H](NC(=O)[C@H](N(C)F)C(C)(C)c1ccccc1)C(C)(C)C)C(=O)O. The first-order valence-corrected chi connectivity index (χ1v) is 11.9. The van der Waals surface area contributed by atoms with Crippen molar-refractivity contribution in [1.29, 1.82) is 0 Å². The highest BCUT2D eigenvalue weighted by Gasteiger charge is 2.44. The van der Waals surface area contributed by atoms with Crippen molar-refractivity contribution in [2.45, 2.75) is 78.9 Å². The van der Waals surface area contributed by atoms with Gasteiger partial charge in [0.15, 0.2) is 0 Å². The zero-order chi connectivity index (χ0) is 27.3. The number of amides is 2. The van der Waals surface area contributed by atoms with Gasteiger partial charge < -0.3 is 15.3 Å². The van der Waals surface area contributed by atoms with E-state index < -0.39 is 40.8 Å². The van der Waals surface area contributed by atoms with Crippen LogP contribution in [-0.2, 0) is 19.8 Å². The maximum Gasteiger partial charge on any atom is 0.331 e. The number of carbonyl (C=O) groups excluding carboxylic acids is 2. The van der Waals surface area contributed by atoms with Gasteiger partial charge in [-0.3, -0.25) is 9.59 Å². The highest BCUT2D eigenvalue weighted by atomic mass is 19.2. The fraction of sp³-hybridized carbons (Fsp3) is 0.593. The van der Waals surface area contributed by atoms with Gasteiger partial charge in [0, 0.05) is 25.1 Å². The topological polar surface area (TPSA) is 90.0 Å². The van der Waals surface area contributed by atoms with E-state index in [2.05, 4.69) is 5.32 Å². The van der Waals surface area contributed by atoms with E-state index in [0.29, 0.717) is 5.12 Å². The highest BCUT2D eigenvalue weighted by Crippen LogP contribution is 2.31. The van der Waals surface area contributed by atoms with Crippen LogP contribution in [0.5, 0.6) is 0 Å². The Morgan fingerprint density at radius 3 is 1.94 bits per heavy atom. The summed E-state index contributed by atoms with van der Waals surface area (Å²) in [5.41, 5.74) is -0.670. The van der Waals surface area contributed by atoms with Gasteiger partial charge in [-0.15, -0.1) is 9.60 Å². The number of benzene rings is 1. The number of halogens is 1. The van der Waals surface area contributed by atoms with Crippen LogP contribution < -0.4 is 5.32 Å². The number of carboxylic acids is 1. The molecule has 35 heavy (non-hydrogen) atoms. The van der Waals surface area contributed by atoms with E-state index in [1.165, 1.54) is 18.9 Å². The lowest BCUT2D eigenvalue weighted by Gasteiger charge is -2.40. The Balaban J connectivity index is 3.36. The molecule has 0 fully saturated rings. The lowest BCUT2D eigenvalue weighted by Crippen LogP contribution is -2.61. The number of hydrogen-bond donors (Lipinski definition) is 2. The molecule has 0 radical (unpaired) electrons. The largest absolute Gasteiger partial charge is 0.478 e. The first-order chi connectivity index (χ1) is 15.9. The molecule has 1 aromatic rings. The van der Waals surface area contributed by atoms with Crippen molar-refractivity contribution in [2.24, 2.45) is 11.3 Å². The third-order valence-corrected chi connectivity index (χ3v) is 6.44. The quantitative estimate of drug-likeness (QED) is 0.378. The summed E-state index contributed by atoms with van der Waals surface area (Å²) < 4.78 is 14.8. The molecule has 2 amide bonds. The molecular formula is C27H42FN3O4. The van der Waals surface area contributed by atoms with E-state index in [0.717, 1.165) is 5.56 Å². The lowest BCUT2D eigenvalue weighted by molar-refractivity contribution is -0.145. The second kappa shape index (κ2) is 11.8. The second-order valence-corrected chi connectivity index (χ2v) is 11.2. The van der Waals surface area contributed by atoms with Gasteiger partial charge in [0.1, 0.15) is 12.1 Å². The van der Waals surface area contributed by atoms with Gasteiger partial charge in [-0.05, 0) is 23.8 Å². The number of likely N-dealkylation sites (N-methyl/N-ethyl adjacent to an activating group) is 2. The van der Waals surface area contributed by atoms with Crippen molar-refractivity contribution < 1.29 is 24.0 Å². The van der Waals surface area contributed by atoms with Crippen LogP contribution in [0.4, 0.5) is 4.48 Å². The predicted octanol–water partition coefficient (Wildman–Crippen LogP) is 4.19. The molecule has 2 N–H and O–H groups in total. The Bertz CT molecular complexity index is 920. The van der Waals surface area contributed by atoms with Crippen LogP contribution in [0.15, 0.2) is 42.0 Å². The van der Waals surface area contributed by atoms with Gasteiger partial charge in [0.25, 0.3) is 0 Å². The molecule has 0 aliphatic rings. The Kier molecular flexibility index (Phi) is 10.2. The number of nitrogens with zero attached hydrogens (tertiary/aromatic N) is 2. The molecule has 0 aliphatic carbocycles. The summed E-state index contributed by atoms with van der Waals surface area (Å²) in [7, 11) is 2.79. The normalized spacial score (nSPS) is 15.5. The summed E-state index contributed by atoms with van der Waals surface area (Å²) in [5.74, 6) is -2.12. The highest BCUT2D eigenvalue weighted by molar-refractivity contribution is 5.91. The molecular weight excluding hydrogens is 449 g/mol. The van der Waals surface area contributed by atoms with E-state index in [4.69, 9.17) is 0 Å². The zero-order valence-corrected chi connectivity index (χ0v) is 22.7. The van der Waals surface area contributed by atoms with Crippen LogP contribution in [0, 0.1) is 11.3 Å². The van der Waals surface area contributed by atoms with E-state index in [9.17, 15) is 24.0 Å². The van der Waals surface area contributed by atoms with Gasteiger partial charge >= 0.3 is 5.97 Å². The standard InChI is InChI=1S/C27H42FN3O4/c1-17(2)20(16-18(3)25(34)35)30(9)24(33)21(26(4,5)6)29-23(32)22(31(10)28)27(7,8)19-14-12-11-13-15-19/h11-17,20-22H,1-10H3,(H,29,32)(H,34,35)/b18-16+/t20-,21-,22+/m1/s1. The van der Waals surface area contributed by atoms with Crippen molar-refractivity contribution in [3.05, 3.63) is 47.5 Å². The maximum atomic E-state index is 14.8. The molecule has 0 saturated carbocycles. The summed E-state index contributed by atoms with van der Waals surface area (Å²) >= 11 is 0. The lowest BCUT2D eigenvalue weighted by atomic mass is 9.76. The minimum absolute atomic E-state index is 0.0729. The Morgan fingerprint density at radius 2 is 1.54 bits per heavy atom. The summed E-state index contributed by atoms with van der Waals surface area (Å²) in [6, 6.07) is 6.54. The molecule has 0 saturated heterocycles. The van der Waals surface area contributed by atoms with Crippen LogP contribution >= 0.6 is 0 Å². The molecule has 0 aliphatic heterocycles. The molecule has 0 spiro atoms. The van der Waals surface area contributed by atoms with Crippen LogP contribution in [0.1, 0.15) is 61.0 Å². The number of aliphatic carboxylic acids is 1. The number of carbonyl (C=O) groups is 3. The summed E-state index contributed by atoms with van der Waals surface area (Å²) in [5, 5.41) is 12.5. The molecule has 0 heterocycles. The summed E-state index contributed by atoms with van der Waals surface area (Å²) in [6.07, 6.45) is 1.54. The van der Waals surface area contributed by atoms with Crippen molar-refractivity contribution in [3.63, 3.8) is 0 Å². The maximum absolute atomic E-state index is 14.8. The number of rotatable bonds is 10. The smallest absolute Gasteiger partial charge is 0.331 e. The Hall–Kier alpha value is -2.74. The van der Waals surface area contributed by atoms with E-state index in [1.54, 1.807) is 27.0 Å². The first kappa shape index (κ1) is 30.3. The zero-order valence-electron chi connectivity index (χ0n) is 22.7. The average molecular weight is 492 g/mol. The second-order valence-electron chi connectivity index (χ2n) is 11.2. The fourth-order valence-corrected chi connectivity index (χ4v) is 4.26. The molecule has 7 nitrogen and oxygen atoms in total. The van der Waals surface area contributed by atoms with Gasteiger partial charge in [-0.25, -0.2) is 4.79 Å². The van der Waals surface area contributed by atoms with Crippen LogP contribution in [0.25, 0.3) is 0 Å². The van der Waals surface area contributed by atoms with Crippen molar-refractivity contribution >= 4 is 17.8 Å². The fourth-order valence-electron chi connectivity index (χ4n) is 4.26. The van der Waals surface area contributed by atoms with Gasteiger partial charge in [0.05, 0.1) is 6.04 Å². The summed E-state index contributed by atoms with van der Waals surface area (Å²) in [4.78, 5) is 40.0. The first-order valence-electron chi connectivity index (χ1n) is 11.9. The van der Waals surface area contributed by atoms with Crippen LogP contribution in [0.2, 0.25) is 0 Å². The number of nitrogens with one attached hydrogen (secondary N) is 1. The predicted molar refractivity (Wildman–Crippen MR) is 136 cm³/mol. The van der Waals surface area contributed by atoms with Crippen molar-refractivity contribution in [2.75, 3.05) is 14.1 Å². The third kappa shape index (κ3) is 7.62. The third-order valence-electron chi connectivity index (χ3n) is 6.44. The van der Waals surface area contributed by atoms with Crippen molar-refractivity contribution in [1.82, 2.24) is 15.3 Å². The minimum atomic E-state index is -1.19. The molecule has 196 valence electrons. The summed E-state index contributed by atoms with van der Waals surface area (Å²) in [6.45, 7) is 14.3. The monoisotopic (exact) mass is 491 g/mol. The molecule has 8 heteroatoms. The van der Waals surface area contributed by atoms with E-state index in [-0.39, 0.29) is 17.4 Å². The van der Waals surface area contributed by atoms with Gasteiger partial charge in [-0.2, -0.15) is 0 Å². The average Bonchev–Trinajstić information content (AvgIpc) is 2.73. The number of hydrogen-bond acceptors (Lipinski definition) is 4. The van der Waals surface area contributed by atoms with Crippen LogP contribution in [-0.4, -0.2) is 65.1 Å². The van der Waals surface area contributed by atoms with Gasteiger partial charge in [-0.1, -0.05) is 84.9 Å². The van der Waals surface area contributed by atoms with Crippen LogP contribution in [0.3, 0.4) is 0 Å². The Labute approximate surface area is 209 Å². The molecule has 0 bridgehead atoms. The molecule has 0 aromatic heterocycles. The van der Waals surface area contributed by atoms with Gasteiger partial charge in [0.2, 0.25) is 11.8 Å². The number of carboxylic acid groups (broad SMARTS) is 1. The molecule has 3 atom stereocenters. The van der Waals surface area contributed by atoms with E-state index >= 15 is 0 Å². The molecule has 0 unspecified atom stereocenters. The van der Waals surface area contributed by atoms with E-state index in [1.807, 2.05) is 65.0 Å². The molecule has 1 rings (SSSR count). The minimum Gasteiger partial charge on any atom is -0.478 e.